The van der Waals surface area contributed by atoms with Gasteiger partial charge in [-0.15, -0.1) is 0 Å². The molecule has 0 aliphatic heterocycles. The summed E-state index contributed by atoms with van der Waals surface area (Å²) >= 11 is 0. The van der Waals surface area contributed by atoms with Crippen LogP contribution in [-0.2, 0) is 18.9 Å². The zero-order chi connectivity index (χ0) is 55.0. The SMILES string of the molecule is COC1CCC(N(C2CCC(C)CC2)C2CC(N(C3CCC(C)CC3)C3CCC(OC)CC3)C3CCC4C5C(CCC2C35)C(N(C2CCC(C)CC2)C2CCC(OC)CC2)CC4N(C2CCC(C)CC2)C2CCC(OC)CC2)CC1. The third-order valence-electron chi connectivity index (χ3n) is 27.8. The molecule has 0 N–H and O–H groups in total. The summed E-state index contributed by atoms with van der Waals surface area (Å²) in [4.78, 5) is 14.0. The average Bonchev–Trinajstić information content (AvgIpc) is 3.59. The van der Waals surface area contributed by atoms with Gasteiger partial charge in [-0.25, -0.2) is 0 Å². The van der Waals surface area contributed by atoms with Crippen molar-refractivity contribution in [2.45, 2.75) is 369 Å². The van der Waals surface area contributed by atoms with E-state index in [1.165, 1.54) is 244 Å². The third kappa shape index (κ3) is 12.7. The predicted octanol–water partition coefficient (Wildman–Crippen LogP) is 15.9. The van der Waals surface area contributed by atoms with E-state index in [1.54, 1.807) is 0 Å². The molecule has 0 saturated heterocycles. The van der Waals surface area contributed by atoms with Crippen LogP contribution in [0.3, 0.4) is 0 Å². The summed E-state index contributed by atoms with van der Waals surface area (Å²) in [5, 5.41) is 0. The van der Waals surface area contributed by atoms with Gasteiger partial charge in [-0.1, -0.05) is 27.7 Å². The largest absolute Gasteiger partial charge is 0.381 e. The molecule has 0 amide bonds. The molecule has 0 heterocycles. The highest BCUT2D eigenvalue weighted by atomic mass is 16.5. The first kappa shape index (κ1) is 60.0. The maximum atomic E-state index is 6.22. The lowest BCUT2D eigenvalue weighted by atomic mass is 9.44. The van der Waals surface area contributed by atoms with E-state index in [-0.39, 0.29) is 0 Å². The summed E-state index contributed by atoms with van der Waals surface area (Å²) in [5.41, 5.74) is 0. The van der Waals surface area contributed by atoms with Crippen molar-refractivity contribution in [2.24, 2.45) is 59.2 Å². The Bertz CT molecular complexity index is 1580. The first-order valence-corrected chi connectivity index (χ1v) is 36.3. The van der Waals surface area contributed by atoms with Crippen LogP contribution in [0.4, 0.5) is 0 Å². The number of methoxy groups -OCH3 is 4. The highest BCUT2D eigenvalue weighted by Gasteiger charge is 2.64. The van der Waals surface area contributed by atoms with E-state index in [2.05, 4.69) is 47.3 Å². The first-order valence-electron chi connectivity index (χ1n) is 36.3. The van der Waals surface area contributed by atoms with Crippen molar-refractivity contribution < 1.29 is 18.9 Å². The number of ether oxygens (including phenoxy) is 4. The van der Waals surface area contributed by atoms with Crippen LogP contribution >= 0.6 is 0 Å². The smallest absolute Gasteiger partial charge is 0.0572 e. The third-order valence-corrected chi connectivity index (χ3v) is 27.8. The van der Waals surface area contributed by atoms with E-state index >= 15 is 0 Å². The number of hydrogen-bond acceptors (Lipinski definition) is 8. The van der Waals surface area contributed by atoms with Crippen molar-refractivity contribution in [3.8, 4) is 0 Å². The van der Waals surface area contributed by atoms with E-state index < -0.39 is 0 Å². The van der Waals surface area contributed by atoms with Crippen molar-refractivity contribution in [2.75, 3.05) is 28.4 Å². The van der Waals surface area contributed by atoms with Gasteiger partial charge in [0.2, 0.25) is 0 Å². The van der Waals surface area contributed by atoms with Gasteiger partial charge in [0.25, 0.3) is 0 Å². The van der Waals surface area contributed by atoms with Crippen LogP contribution in [0.25, 0.3) is 0 Å². The van der Waals surface area contributed by atoms with E-state index in [4.69, 9.17) is 18.9 Å². The molecule has 12 fully saturated rings. The maximum absolute atomic E-state index is 6.22. The number of nitrogens with zero attached hydrogens (tertiary/aromatic N) is 4. The molecule has 0 aromatic carbocycles. The van der Waals surface area contributed by atoms with E-state index in [9.17, 15) is 0 Å². The standard InChI is InChI=1S/C72H126N4O4/c1-47-9-17-51(18-10-47)73(55-25-33-59(77-5)34-26-55)67-45-68(74(52-19-11-48(2)12-20-52)56-27-35-60(78-6)36-28-56)64-43-44-66-70(76(54-23-15-50(4)16-24-54)58-31-39-62(80-8)40-32-58)46-69(65-42-41-63(67)71(64)72(65)66)75(53-21-13-49(3)14-22-53)57-29-37-61(79-7)38-30-57/h47-72H,9-46H2,1-8H3. The van der Waals surface area contributed by atoms with Gasteiger partial charge in [-0.3, -0.25) is 19.6 Å². The van der Waals surface area contributed by atoms with Crippen LogP contribution in [0, 0.1) is 59.2 Å². The van der Waals surface area contributed by atoms with Gasteiger partial charge in [-0.05, 0) is 303 Å². The molecule has 8 heteroatoms. The van der Waals surface area contributed by atoms with E-state index in [0.29, 0.717) is 24.4 Å². The van der Waals surface area contributed by atoms with Crippen molar-refractivity contribution in [1.82, 2.24) is 19.6 Å². The second-order valence-corrected chi connectivity index (χ2v) is 31.8. The van der Waals surface area contributed by atoms with Gasteiger partial charge < -0.3 is 18.9 Å². The number of rotatable bonds is 16. The Kier molecular flexibility index (Phi) is 20.5. The maximum Gasteiger partial charge on any atom is 0.0572 e. The molecule has 0 bridgehead atoms. The van der Waals surface area contributed by atoms with Crippen LogP contribution in [0.2, 0.25) is 0 Å². The summed E-state index contributed by atoms with van der Waals surface area (Å²) in [6.45, 7) is 10.4. The fourth-order valence-corrected chi connectivity index (χ4v) is 23.5. The monoisotopic (exact) mass is 1110 g/mol. The van der Waals surface area contributed by atoms with Gasteiger partial charge in [-0.2, -0.15) is 0 Å². The molecule has 8 nitrogen and oxygen atoms in total. The highest BCUT2D eigenvalue weighted by Crippen LogP contribution is 2.65. The fourth-order valence-electron chi connectivity index (χ4n) is 23.5. The molecule has 0 aromatic heterocycles. The van der Waals surface area contributed by atoms with Crippen molar-refractivity contribution in [1.29, 1.82) is 0 Å². The topological polar surface area (TPSA) is 49.9 Å². The molecule has 0 radical (unpaired) electrons. The molecule has 0 spiro atoms. The molecule has 80 heavy (non-hydrogen) atoms. The van der Waals surface area contributed by atoms with Gasteiger partial charge >= 0.3 is 0 Å². The zero-order valence-corrected chi connectivity index (χ0v) is 53.3. The molecule has 458 valence electrons. The van der Waals surface area contributed by atoms with Crippen LogP contribution in [-0.4, -0.2) is 145 Å². The predicted molar refractivity (Wildman–Crippen MR) is 329 cm³/mol. The minimum atomic E-state index is 0.458. The van der Waals surface area contributed by atoms with E-state index in [0.717, 1.165) is 132 Å². The summed E-state index contributed by atoms with van der Waals surface area (Å²) < 4.78 is 24.9. The second-order valence-electron chi connectivity index (χ2n) is 31.8. The minimum Gasteiger partial charge on any atom is -0.381 e. The Balaban J connectivity index is 0.999. The summed E-state index contributed by atoms with van der Waals surface area (Å²) in [7, 11) is 8.06. The molecule has 12 aliphatic rings. The van der Waals surface area contributed by atoms with Crippen LogP contribution < -0.4 is 0 Å². The average molecular weight is 1110 g/mol. The molecular weight excluding hydrogens is 985 g/mol. The Morgan fingerprint density at radius 2 is 0.375 bits per heavy atom. The van der Waals surface area contributed by atoms with Gasteiger partial charge in [0, 0.05) is 101 Å². The van der Waals surface area contributed by atoms with Crippen LogP contribution in [0.1, 0.15) is 272 Å². The Hall–Kier alpha value is -0.320. The lowest BCUT2D eigenvalue weighted by Gasteiger charge is -2.69. The van der Waals surface area contributed by atoms with Gasteiger partial charge in [0.15, 0.2) is 0 Å². The van der Waals surface area contributed by atoms with Gasteiger partial charge in [0.05, 0.1) is 24.4 Å². The van der Waals surface area contributed by atoms with Crippen molar-refractivity contribution in [3.63, 3.8) is 0 Å². The quantitative estimate of drug-likeness (QED) is 0.152. The molecule has 12 aliphatic carbocycles. The zero-order valence-electron chi connectivity index (χ0n) is 53.3. The van der Waals surface area contributed by atoms with Crippen LogP contribution in [0.15, 0.2) is 0 Å². The van der Waals surface area contributed by atoms with E-state index in [1.807, 2.05) is 28.4 Å². The molecule has 8 unspecified atom stereocenters. The lowest BCUT2D eigenvalue weighted by Crippen LogP contribution is -2.72. The van der Waals surface area contributed by atoms with Crippen LogP contribution in [0.5, 0.6) is 0 Å². The fraction of sp³-hybridized carbons (Fsp3) is 1.00. The second kappa shape index (κ2) is 27.4. The summed E-state index contributed by atoms with van der Waals surface area (Å²) in [6.07, 6.45) is 54.9. The Labute approximate surface area is 492 Å². The highest BCUT2D eigenvalue weighted by molar-refractivity contribution is 5.17. The summed E-state index contributed by atoms with van der Waals surface area (Å²) in [6, 6.07) is 8.86. The minimum absolute atomic E-state index is 0.458. The molecule has 12 saturated carbocycles. The van der Waals surface area contributed by atoms with Crippen molar-refractivity contribution in [3.05, 3.63) is 0 Å². The number of hydrogen-bond donors (Lipinski definition) is 0. The normalized spacial score (nSPS) is 48.8. The summed E-state index contributed by atoms with van der Waals surface area (Å²) in [5.74, 6) is 8.65. The molecule has 12 rings (SSSR count). The molecule has 8 atom stereocenters. The van der Waals surface area contributed by atoms with Gasteiger partial charge in [0.1, 0.15) is 0 Å². The molecular formula is C72H126N4O4. The van der Waals surface area contributed by atoms with Crippen molar-refractivity contribution >= 4 is 0 Å². The lowest BCUT2D eigenvalue weighted by molar-refractivity contribution is -0.198. The Morgan fingerprint density at radius 1 is 0.212 bits per heavy atom. The first-order chi connectivity index (χ1) is 39.1. The molecule has 0 aromatic rings. The Morgan fingerprint density at radius 3 is 0.537 bits per heavy atom.